The Balaban J connectivity index is 3.01. The van der Waals surface area contributed by atoms with Crippen LogP contribution in [0.3, 0.4) is 0 Å². The molecule has 0 atom stereocenters. The number of nitriles is 1. The second-order valence-corrected chi connectivity index (χ2v) is 3.56. The summed E-state index contributed by atoms with van der Waals surface area (Å²) in [6.07, 6.45) is -4.49. The van der Waals surface area contributed by atoms with E-state index in [0.717, 1.165) is 6.07 Å². The van der Waals surface area contributed by atoms with E-state index in [9.17, 15) is 13.2 Å². The van der Waals surface area contributed by atoms with Crippen molar-refractivity contribution in [2.75, 3.05) is 13.2 Å². The lowest BCUT2D eigenvalue weighted by molar-refractivity contribution is -0.138. The molecular formula is C12H13F3N2O. The maximum atomic E-state index is 12.8. The summed E-state index contributed by atoms with van der Waals surface area (Å²) in [7, 11) is 0. The Morgan fingerprint density at radius 2 is 2.11 bits per heavy atom. The minimum Gasteiger partial charge on any atom is -0.478 e. The van der Waals surface area contributed by atoms with Gasteiger partial charge in [0.25, 0.3) is 0 Å². The van der Waals surface area contributed by atoms with Crippen molar-refractivity contribution in [3.63, 3.8) is 0 Å². The second kappa shape index (κ2) is 6.26. The normalized spacial score (nSPS) is 11.1. The molecule has 0 radical (unpaired) electrons. The third kappa shape index (κ3) is 3.93. The highest BCUT2D eigenvalue weighted by molar-refractivity contribution is 5.39. The zero-order valence-electron chi connectivity index (χ0n) is 9.84. The Kier molecular flexibility index (Phi) is 4.98. The molecule has 6 heteroatoms. The molecule has 0 heterocycles. The average molecular weight is 258 g/mol. The Bertz CT molecular complexity index is 438. The molecule has 0 unspecified atom stereocenters. The molecule has 98 valence electrons. The molecule has 0 aromatic heterocycles. The van der Waals surface area contributed by atoms with E-state index in [1.165, 1.54) is 6.07 Å². The minimum atomic E-state index is -4.49. The standard InChI is InChI=1S/C12H13F3N2O/c1-2-17-8-9-3-4-11(18-6-5-16)10(7-9)12(13,14)15/h3-4,7,17H,2,6,8H2,1H3. The molecule has 0 saturated carbocycles. The van der Waals surface area contributed by atoms with Crippen LogP contribution in [0.1, 0.15) is 18.1 Å². The molecule has 0 aliphatic carbocycles. The monoisotopic (exact) mass is 258 g/mol. The highest BCUT2D eigenvalue weighted by Gasteiger charge is 2.34. The molecular weight excluding hydrogens is 245 g/mol. The Hall–Kier alpha value is -1.74. The van der Waals surface area contributed by atoms with Crippen molar-refractivity contribution in [2.24, 2.45) is 0 Å². The van der Waals surface area contributed by atoms with Crippen molar-refractivity contribution in [3.05, 3.63) is 29.3 Å². The van der Waals surface area contributed by atoms with Crippen LogP contribution in [0, 0.1) is 11.3 Å². The van der Waals surface area contributed by atoms with Gasteiger partial charge >= 0.3 is 6.18 Å². The summed E-state index contributed by atoms with van der Waals surface area (Å²) in [5.74, 6) is -0.315. The third-order valence-electron chi connectivity index (χ3n) is 2.22. The maximum absolute atomic E-state index is 12.8. The van der Waals surface area contributed by atoms with Gasteiger partial charge in [-0.05, 0) is 24.2 Å². The Labute approximate surface area is 103 Å². The summed E-state index contributed by atoms with van der Waals surface area (Å²) in [6.45, 7) is 2.50. The predicted octanol–water partition coefficient (Wildman–Crippen LogP) is 2.72. The van der Waals surface area contributed by atoms with E-state index >= 15 is 0 Å². The van der Waals surface area contributed by atoms with Gasteiger partial charge in [-0.15, -0.1) is 0 Å². The van der Waals surface area contributed by atoms with Gasteiger partial charge in [-0.2, -0.15) is 18.4 Å². The first-order chi connectivity index (χ1) is 8.49. The molecule has 18 heavy (non-hydrogen) atoms. The number of nitrogens with one attached hydrogen (secondary N) is 1. The number of nitrogens with zero attached hydrogens (tertiary/aromatic N) is 1. The van der Waals surface area contributed by atoms with Crippen LogP contribution in [0.5, 0.6) is 5.75 Å². The van der Waals surface area contributed by atoms with Gasteiger partial charge in [0.05, 0.1) is 5.56 Å². The number of benzene rings is 1. The number of halogens is 3. The van der Waals surface area contributed by atoms with Gasteiger partial charge in [0.15, 0.2) is 6.61 Å². The van der Waals surface area contributed by atoms with Crippen LogP contribution in [-0.2, 0) is 12.7 Å². The molecule has 0 fully saturated rings. The van der Waals surface area contributed by atoms with Crippen molar-refractivity contribution in [3.8, 4) is 11.8 Å². The van der Waals surface area contributed by atoms with Gasteiger partial charge < -0.3 is 10.1 Å². The molecule has 0 aliphatic rings. The summed E-state index contributed by atoms with van der Waals surface area (Å²) >= 11 is 0. The molecule has 0 saturated heterocycles. The number of ether oxygens (including phenoxy) is 1. The highest BCUT2D eigenvalue weighted by atomic mass is 19.4. The van der Waals surface area contributed by atoms with Crippen molar-refractivity contribution >= 4 is 0 Å². The molecule has 1 rings (SSSR count). The topological polar surface area (TPSA) is 45.0 Å². The third-order valence-corrected chi connectivity index (χ3v) is 2.22. The van der Waals surface area contributed by atoms with Gasteiger partial charge in [-0.1, -0.05) is 13.0 Å². The molecule has 0 aliphatic heterocycles. The van der Waals surface area contributed by atoms with Crippen molar-refractivity contribution in [1.29, 1.82) is 5.26 Å². The van der Waals surface area contributed by atoms with E-state index in [-0.39, 0.29) is 5.75 Å². The largest absolute Gasteiger partial charge is 0.478 e. The fourth-order valence-corrected chi connectivity index (χ4v) is 1.41. The van der Waals surface area contributed by atoms with Crippen LogP contribution in [0.15, 0.2) is 18.2 Å². The smallest absolute Gasteiger partial charge is 0.419 e. The minimum absolute atomic E-state index is 0.315. The van der Waals surface area contributed by atoms with E-state index in [1.54, 1.807) is 12.1 Å². The van der Waals surface area contributed by atoms with Crippen molar-refractivity contribution < 1.29 is 17.9 Å². The molecule has 0 bridgehead atoms. The maximum Gasteiger partial charge on any atom is 0.419 e. The molecule has 0 amide bonds. The summed E-state index contributed by atoms with van der Waals surface area (Å²) in [4.78, 5) is 0. The van der Waals surface area contributed by atoms with Crippen LogP contribution in [0.4, 0.5) is 13.2 Å². The number of hydrogen-bond donors (Lipinski definition) is 1. The van der Waals surface area contributed by atoms with Gasteiger partial charge in [-0.3, -0.25) is 0 Å². The van der Waals surface area contributed by atoms with Gasteiger partial charge in [0.1, 0.15) is 11.8 Å². The SMILES string of the molecule is CCNCc1ccc(OCC#N)c(C(F)(F)F)c1. The quantitative estimate of drug-likeness (QED) is 0.883. The van der Waals surface area contributed by atoms with Gasteiger partial charge in [0, 0.05) is 6.54 Å². The van der Waals surface area contributed by atoms with E-state index in [1.807, 2.05) is 6.92 Å². The lowest BCUT2D eigenvalue weighted by Gasteiger charge is -2.14. The second-order valence-electron chi connectivity index (χ2n) is 3.56. The molecule has 3 nitrogen and oxygen atoms in total. The van der Waals surface area contributed by atoms with Crippen LogP contribution in [0.2, 0.25) is 0 Å². The van der Waals surface area contributed by atoms with Gasteiger partial charge in [0.2, 0.25) is 0 Å². The number of alkyl halides is 3. The van der Waals surface area contributed by atoms with Crippen LogP contribution >= 0.6 is 0 Å². The zero-order valence-corrected chi connectivity index (χ0v) is 9.84. The highest BCUT2D eigenvalue weighted by Crippen LogP contribution is 2.36. The first-order valence-corrected chi connectivity index (χ1v) is 5.39. The van der Waals surface area contributed by atoms with E-state index < -0.39 is 18.3 Å². The van der Waals surface area contributed by atoms with Crippen LogP contribution < -0.4 is 10.1 Å². The van der Waals surface area contributed by atoms with Crippen LogP contribution in [0.25, 0.3) is 0 Å². The Morgan fingerprint density at radius 1 is 1.39 bits per heavy atom. The molecule has 1 aromatic rings. The zero-order chi connectivity index (χ0) is 13.6. The predicted molar refractivity (Wildman–Crippen MR) is 59.9 cm³/mol. The summed E-state index contributed by atoms with van der Waals surface area (Å²) in [6, 6.07) is 5.47. The summed E-state index contributed by atoms with van der Waals surface area (Å²) < 4.78 is 43.2. The number of hydrogen-bond acceptors (Lipinski definition) is 3. The number of rotatable bonds is 5. The molecule has 0 spiro atoms. The Morgan fingerprint density at radius 3 is 2.67 bits per heavy atom. The average Bonchev–Trinajstić information content (AvgIpc) is 2.33. The van der Waals surface area contributed by atoms with Crippen LogP contribution in [-0.4, -0.2) is 13.2 Å². The lowest BCUT2D eigenvalue weighted by atomic mass is 10.1. The fourth-order valence-electron chi connectivity index (χ4n) is 1.41. The van der Waals surface area contributed by atoms with E-state index in [0.29, 0.717) is 18.7 Å². The van der Waals surface area contributed by atoms with Crippen molar-refractivity contribution in [1.82, 2.24) is 5.32 Å². The van der Waals surface area contributed by atoms with Gasteiger partial charge in [-0.25, -0.2) is 0 Å². The molecule has 1 N–H and O–H groups in total. The van der Waals surface area contributed by atoms with E-state index in [2.05, 4.69) is 5.32 Å². The summed E-state index contributed by atoms with van der Waals surface area (Å²) in [5, 5.41) is 11.3. The fraction of sp³-hybridized carbons (Fsp3) is 0.417. The van der Waals surface area contributed by atoms with E-state index in [4.69, 9.17) is 10.00 Å². The molecule has 1 aromatic carbocycles. The summed E-state index contributed by atoms with van der Waals surface area (Å²) in [5.41, 5.74) is -0.332. The van der Waals surface area contributed by atoms with Crippen molar-refractivity contribution in [2.45, 2.75) is 19.6 Å². The first kappa shape index (κ1) is 14.3. The first-order valence-electron chi connectivity index (χ1n) is 5.39. The lowest BCUT2D eigenvalue weighted by Crippen LogP contribution is -2.14.